The summed E-state index contributed by atoms with van der Waals surface area (Å²) in [5.41, 5.74) is 1.87. The molecule has 1 unspecified atom stereocenters. The number of carbonyl (C=O) groups is 2. The van der Waals surface area contributed by atoms with Gasteiger partial charge in [0.2, 0.25) is 11.8 Å². The van der Waals surface area contributed by atoms with Gasteiger partial charge in [-0.2, -0.15) is 0 Å². The van der Waals surface area contributed by atoms with E-state index < -0.39 is 0 Å². The molecule has 1 atom stereocenters. The standard InChI is InChI=1S/C20H26N2O4/c1-2-22(15-6-4-12-25-14-15)20(24)9-5-13-26-18-8-3-7-17-16(18)10-11-19(23)21-17/h3-4,7-8,12,15H,2,5-6,9-11,13-14H2,1H3,(H,21,23). The van der Waals surface area contributed by atoms with Gasteiger partial charge in [0.25, 0.3) is 0 Å². The van der Waals surface area contributed by atoms with E-state index in [0.717, 1.165) is 23.4 Å². The average Bonchev–Trinajstić information content (AvgIpc) is 2.66. The van der Waals surface area contributed by atoms with Gasteiger partial charge < -0.3 is 19.7 Å². The van der Waals surface area contributed by atoms with Crippen molar-refractivity contribution in [2.75, 3.05) is 25.1 Å². The van der Waals surface area contributed by atoms with E-state index in [1.807, 2.05) is 36.1 Å². The Morgan fingerprint density at radius 2 is 2.27 bits per heavy atom. The number of ether oxygens (including phenoxy) is 2. The maximum atomic E-state index is 12.5. The van der Waals surface area contributed by atoms with Crippen molar-refractivity contribution in [3.63, 3.8) is 0 Å². The van der Waals surface area contributed by atoms with Crippen molar-refractivity contribution in [1.29, 1.82) is 0 Å². The van der Waals surface area contributed by atoms with Gasteiger partial charge in [-0.15, -0.1) is 0 Å². The lowest BCUT2D eigenvalue weighted by atomic mass is 10.0. The highest BCUT2D eigenvalue weighted by atomic mass is 16.5. The molecule has 1 N–H and O–H groups in total. The Balaban J connectivity index is 1.48. The smallest absolute Gasteiger partial charge is 0.224 e. The molecule has 0 aromatic heterocycles. The van der Waals surface area contributed by atoms with Gasteiger partial charge in [-0.3, -0.25) is 9.59 Å². The molecule has 0 saturated carbocycles. The van der Waals surface area contributed by atoms with Crippen molar-refractivity contribution >= 4 is 17.5 Å². The molecule has 0 saturated heterocycles. The van der Waals surface area contributed by atoms with Crippen molar-refractivity contribution in [3.05, 3.63) is 36.1 Å². The predicted octanol–water partition coefficient (Wildman–Crippen LogP) is 2.88. The normalized spacial score (nSPS) is 18.5. The monoisotopic (exact) mass is 358 g/mol. The summed E-state index contributed by atoms with van der Waals surface area (Å²) in [5.74, 6) is 0.983. The van der Waals surface area contributed by atoms with Gasteiger partial charge in [-0.1, -0.05) is 6.07 Å². The number of carbonyl (C=O) groups excluding carboxylic acids is 2. The summed E-state index contributed by atoms with van der Waals surface area (Å²) >= 11 is 0. The largest absolute Gasteiger partial charge is 0.499 e. The number of nitrogens with one attached hydrogen (secondary N) is 1. The lowest BCUT2D eigenvalue weighted by Gasteiger charge is -2.31. The second kappa shape index (κ2) is 8.74. The summed E-state index contributed by atoms with van der Waals surface area (Å²) in [4.78, 5) is 25.9. The third kappa shape index (κ3) is 4.36. The van der Waals surface area contributed by atoms with Crippen LogP contribution in [0.1, 0.15) is 38.2 Å². The first-order valence-corrected chi connectivity index (χ1v) is 9.29. The minimum atomic E-state index is 0.0430. The molecule has 2 amide bonds. The predicted molar refractivity (Wildman–Crippen MR) is 99.0 cm³/mol. The first-order chi connectivity index (χ1) is 12.7. The number of rotatable bonds is 7. The minimum absolute atomic E-state index is 0.0430. The molecule has 2 aliphatic heterocycles. The summed E-state index contributed by atoms with van der Waals surface area (Å²) in [7, 11) is 0. The molecule has 0 radical (unpaired) electrons. The van der Waals surface area contributed by atoms with Crippen LogP contribution in [0.4, 0.5) is 5.69 Å². The maximum absolute atomic E-state index is 12.5. The Kier molecular flexibility index (Phi) is 6.15. The molecule has 2 aliphatic rings. The van der Waals surface area contributed by atoms with Crippen LogP contribution in [0.25, 0.3) is 0 Å². The fraction of sp³-hybridized carbons (Fsp3) is 0.500. The fourth-order valence-electron chi connectivity index (χ4n) is 3.45. The molecule has 0 aliphatic carbocycles. The Morgan fingerprint density at radius 3 is 3.04 bits per heavy atom. The number of fused-ring (bicyclic) bond motifs is 1. The summed E-state index contributed by atoms with van der Waals surface area (Å²) in [6, 6.07) is 5.81. The SMILES string of the molecule is CCN(C(=O)CCCOc1cccc2c1CCC(=O)N2)C1CC=COC1. The zero-order valence-electron chi connectivity index (χ0n) is 15.2. The van der Waals surface area contributed by atoms with Gasteiger partial charge in [0.1, 0.15) is 12.4 Å². The van der Waals surface area contributed by atoms with Crippen LogP contribution >= 0.6 is 0 Å². The molecule has 0 fully saturated rings. The first kappa shape index (κ1) is 18.3. The van der Waals surface area contributed by atoms with Crippen LogP contribution in [0, 0.1) is 0 Å². The molecule has 2 heterocycles. The van der Waals surface area contributed by atoms with Gasteiger partial charge in [-0.25, -0.2) is 0 Å². The second-order valence-corrected chi connectivity index (χ2v) is 6.56. The van der Waals surface area contributed by atoms with Gasteiger partial charge in [0.15, 0.2) is 0 Å². The molecule has 0 bridgehead atoms. The van der Waals surface area contributed by atoms with Crippen LogP contribution in [0.2, 0.25) is 0 Å². The fourth-order valence-corrected chi connectivity index (χ4v) is 3.45. The Labute approximate surface area is 154 Å². The Morgan fingerprint density at radius 1 is 1.38 bits per heavy atom. The number of hydrogen-bond donors (Lipinski definition) is 1. The molecule has 6 nitrogen and oxygen atoms in total. The van der Waals surface area contributed by atoms with Gasteiger partial charge in [0, 0.05) is 30.6 Å². The van der Waals surface area contributed by atoms with E-state index in [1.165, 1.54) is 0 Å². The van der Waals surface area contributed by atoms with E-state index in [1.54, 1.807) is 6.26 Å². The Bertz CT molecular complexity index is 686. The third-order valence-corrected chi connectivity index (χ3v) is 4.79. The van der Waals surface area contributed by atoms with E-state index in [2.05, 4.69) is 5.32 Å². The first-order valence-electron chi connectivity index (χ1n) is 9.29. The minimum Gasteiger partial charge on any atom is -0.499 e. The lowest BCUT2D eigenvalue weighted by molar-refractivity contribution is -0.134. The summed E-state index contributed by atoms with van der Waals surface area (Å²) in [5, 5.41) is 2.87. The molecule has 0 spiro atoms. The molecule has 1 aromatic carbocycles. The van der Waals surface area contributed by atoms with E-state index in [9.17, 15) is 9.59 Å². The van der Waals surface area contributed by atoms with Gasteiger partial charge >= 0.3 is 0 Å². The number of anilines is 1. The topological polar surface area (TPSA) is 67.9 Å². The van der Waals surface area contributed by atoms with Crippen LogP contribution in [-0.2, 0) is 20.7 Å². The van der Waals surface area contributed by atoms with Crippen molar-refractivity contribution in [1.82, 2.24) is 4.90 Å². The maximum Gasteiger partial charge on any atom is 0.224 e. The van der Waals surface area contributed by atoms with Crippen LogP contribution in [0.5, 0.6) is 5.75 Å². The van der Waals surface area contributed by atoms with E-state index in [0.29, 0.717) is 45.4 Å². The molecule has 6 heteroatoms. The molecule has 3 rings (SSSR count). The summed E-state index contributed by atoms with van der Waals surface area (Å²) in [6.45, 7) is 3.73. The molecule has 1 aromatic rings. The molecule has 140 valence electrons. The van der Waals surface area contributed by atoms with Crippen molar-refractivity contribution in [2.24, 2.45) is 0 Å². The highest BCUT2D eigenvalue weighted by Crippen LogP contribution is 2.31. The number of nitrogens with zero attached hydrogens (tertiary/aromatic N) is 1. The number of hydrogen-bond acceptors (Lipinski definition) is 4. The van der Waals surface area contributed by atoms with Crippen LogP contribution in [0.3, 0.4) is 0 Å². The van der Waals surface area contributed by atoms with Crippen molar-refractivity contribution in [2.45, 2.75) is 45.1 Å². The van der Waals surface area contributed by atoms with Crippen LogP contribution in [-0.4, -0.2) is 42.5 Å². The Hall–Kier alpha value is -2.50. The van der Waals surface area contributed by atoms with E-state index in [-0.39, 0.29) is 17.9 Å². The molecule has 26 heavy (non-hydrogen) atoms. The summed E-state index contributed by atoms with van der Waals surface area (Å²) < 4.78 is 11.2. The van der Waals surface area contributed by atoms with Crippen molar-refractivity contribution < 1.29 is 19.1 Å². The van der Waals surface area contributed by atoms with Crippen LogP contribution < -0.4 is 10.1 Å². The van der Waals surface area contributed by atoms with E-state index >= 15 is 0 Å². The van der Waals surface area contributed by atoms with E-state index in [4.69, 9.17) is 9.47 Å². The average molecular weight is 358 g/mol. The molecular weight excluding hydrogens is 332 g/mol. The number of likely N-dealkylation sites (N-methyl/N-ethyl adjacent to an activating group) is 1. The van der Waals surface area contributed by atoms with Crippen LogP contribution in [0.15, 0.2) is 30.5 Å². The summed E-state index contributed by atoms with van der Waals surface area (Å²) in [6.07, 6.45) is 6.80. The van der Waals surface area contributed by atoms with Gasteiger partial charge in [-0.05, 0) is 44.4 Å². The quantitative estimate of drug-likeness (QED) is 0.761. The number of benzene rings is 1. The van der Waals surface area contributed by atoms with Gasteiger partial charge in [0.05, 0.1) is 18.9 Å². The zero-order valence-corrected chi connectivity index (χ0v) is 15.2. The highest BCUT2D eigenvalue weighted by Gasteiger charge is 2.23. The number of amides is 2. The zero-order chi connectivity index (χ0) is 18.4. The molecular formula is C20H26N2O4. The highest BCUT2D eigenvalue weighted by molar-refractivity contribution is 5.94. The third-order valence-electron chi connectivity index (χ3n) is 4.79. The van der Waals surface area contributed by atoms with Crippen molar-refractivity contribution in [3.8, 4) is 5.75 Å². The second-order valence-electron chi connectivity index (χ2n) is 6.56. The lowest BCUT2D eigenvalue weighted by Crippen LogP contribution is -2.43.